The van der Waals surface area contributed by atoms with Crippen LogP contribution in [0.3, 0.4) is 0 Å². The molecule has 0 amide bonds. The van der Waals surface area contributed by atoms with E-state index in [1.165, 1.54) is 32.4 Å². The molecule has 0 unspecified atom stereocenters. The number of anilines is 1. The molecule has 2 rings (SSSR count). The van der Waals surface area contributed by atoms with Gasteiger partial charge < -0.3 is 9.47 Å². The molecule has 0 atom stereocenters. The first-order chi connectivity index (χ1) is 11.7. The first-order valence-electron chi connectivity index (χ1n) is 6.94. The van der Waals surface area contributed by atoms with E-state index in [0.717, 1.165) is 0 Å². The summed E-state index contributed by atoms with van der Waals surface area (Å²) in [6.45, 7) is 1.71. The van der Waals surface area contributed by atoms with Gasteiger partial charge in [0.25, 0.3) is 10.0 Å². The molecule has 25 heavy (non-hydrogen) atoms. The number of nitrogens with one attached hydrogen (secondary N) is 1. The Bertz CT molecular complexity index is 930. The maximum atomic E-state index is 12.8. The Kier molecular flexibility index (Phi) is 5.97. The number of halogens is 2. The van der Waals surface area contributed by atoms with Crippen LogP contribution < -0.4 is 9.46 Å². The zero-order chi connectivity index (χ0) is 18.8. The number of carbonyl (C=O) groups is 1. The molecule has 0 aliphatic carbocycles. The normalized spacial score (nSPS) is 11.1. The topological polar surface area (TPSA) is 81.7 Å². The molecule has 2 aromatic rings. The van der Waals surface area contributed by atoms with Gasteiger partial charge in [0.1, 0.15) is 4.90 Å². The molecule has 0 saturated carbocycles. The predicted molar refractivity (Wildman–Crippen MR) is 99.0 cm³/mol. The lowest BCUT2D eigenvalue weighted by Crippen LogP contribution is -2.16. The Morgan fingerprint density at radius 3 is 2.48 bits per heavy atom. The summed E-state index contributed by atoms with van der Waals surface area (Å²) in [5.41, 5.74) is 1.11. The summed E-state index contributed by atoms with van der Waals surface area (Å²) in [5, 5.41) is 0.230. The fraction of sp³-hybridized carbons (Fsp3) is 0.188. The lowest BCUT2D eigenvalue weighted by atomic mass is 10.1. The van der Waals surface area contributed by atoms with Crippen molar-refractivity contribution in [1.29, 1.82) is 0 Å². The van der Waals surface area contributed by atoms with Crippen LogP contribution in [0.25, 0.3) is 0 Å². The molecule has 0 fully saturated rings. The van der Waals surface area contributed by atoms with Gasteiger partial charge in [-0.05, 0) is 52.7 Å². The third kappa shape index (κ3) is 4.26. The van der Waals surface area contributed by atoms with E-state index in [1.54, 1.807) is 19.1 Å². The molecule has 9 heteroatoms. The zero-order valence-corrected chi connectivity index (χ0v) is 16.8. The largest absolute Gasteiger partial charge is 0.494 e. The lowest BCUT2D eigenvalue weighted by molar-refractivity contribution is 0.0601. The van der Waals surface area contributed by atoms with Crippen molar-refractivity contribution in [3.63, 3.8) is 0 Å². The highest BCUT2D eigenvalue weighted by atomic mass is 79.9. The smallest absolute Gasteiger partial charge is 0.337 e. The van der Waals surface area contributed by atoms with Gasteiger partial charge in [0, 0.05) is 5.02 Å². The Morgan fingerprint density at radius 2 is 1.88 bits per heavy atom. The molecular formula is C16H15BrClNO5S. The van der Waals surface area contributed by atoms with Crippen LogP contribution in [0.4, 0.5) is 5.69 Å². The minimum absolute atomic E-state index is 0.124. The van der Waals surface area contributed by atoms with Crippen molar-refractivity contribution in [2.24, 2.45) is 0 Å². The van der Waals surface area contributed by atoms with Crippen molar-refractivity contribution in [1.82, 2.24) is 0 Å². The van der Waals surface area contributed by atoms with Crippen LogP contribution in [-0.4, -0.2) is 28.6 Å². The second kappa shape index (κ2) is 7.63. The van der Waals surface area contributed by atoms with Gasteiger partial charge in [-0.3, -0.25) is 4.72 Å². The lowest BCUT2D eigenvalue weighted by Gasteiger charge is -2.15. The van der Waals surface area contributed by atoms with Crippen molar-refractivity contribution in [2.45, 2.75) is 11.8 Å². The van der Waals surface area contributed by atoms with Gasteiger partial charge in [-0.15, -0.1) is 0 Å². The number of esters is 1. The number of aryl methyl sites for hydroxylation is 1. The van der Waals surface area contributed by atoms with Crippen molar-refractivity contribution >= 4 is 49.2 Å². The van der Waals surface area contributed by atoms with E-state index in [2.05, 4.69) is 25.4 Å². The summed E-state index contributed by atoms with van der Waals surface area (Å²) >= 11 is 9.19. The Balaban J connectivity index is 2.52. The van der Waals surface area contributed by atoms with Gasteiger partial charge in [-0.2, -0.15) is 0 Å². The highest BCUT2D eigenvalue weighted by molar-refractivity contribution is 9.10. The minimum atomic E-state index is -4.01. The van der Waals surface area contributed by atoms with Crippen LogP contribution in [0.1, 0.15) is 15.9 Å². The summed E-state index contributed by atoms with van der Waals surface area (Å²) < 4.78 is 38.3. The standard InChI is InChI=1S/C16H15BrClNO5S/c1-9-4-5-10(16(20)24-3)6-13(9)19-25(21,22)14-8-11(18)7-12(17)15(14)23-2/h4-8,19H,1-3H3. The van der Waals surface area contributed by atoms with Gasteiger partial charge in [-0.25, -0.2) is 13.2 Å². The molecule has 6 nitrogen and oxygen atoms in total. The minimum Gasteiger partial charge on any atom is -0.494 e. The van der Waals surface area contributed by atoms with Crippen LogP contribution in [-0.2, 0) is 14.8 Å². The Labute approximate surface area is 159 Å². The number of ether oxygens (including phenoxy) is 2. The van der Waals surface area contributed by atoms with E-state index in [1.807, 2.05) is 0 Å². The number of hydrogen-bond donors (Lipinski definition) is 1. The van der Waals surface area contributed by atoms with Gasteiger partial charge in [-0.1, -0.05) is 17.7 Å². The van der Waals surface area contributed by atoms with Gasteiger partial charge >= 0.3 is 5.97 Å². The molecular weight excluding hydrogens is 434 g/mol. The molecule has 1 N–H and O–H groups in total. The average molecular weight is 449 g/mol. The fourth-order valence-electron chi connectivity index (χ4n) is 2.11. The summed E-state index contributed by atoms with van der Waals surface area (Å²) in [6.07, 6.45) is 0. The highest BCUT2D eigenvalue weighted by Crippen LogP contribution is 2.36. The van der Waals surface area contributed by atoms with Crippen molar-refractivity contribution in [3.8, 4) is 5.75 Å². The molecule has 134 valence electrons. The number of carbonyl (C=O) groups excluding carboxylic acids is 1. The molecule has 0 bridgehead atoms. The van der Waals surface area contributed by atoms with Crippen LogP contribution in [0.15, 0.2) is 39.7 Å². The second-order valence-electron chi connectivity index (χ2n) is 5.05. The number of rotatable bonds is 5. The first-order valence-corrected chi connectivity index (χ1v) is 9.60. The average Bonchev–Trinajstić information content (AvgIpc) is 2.55. The van der Waals surface area contributed by atoms with Crippen LogP contribution in [0.5, 0.6) is 5.75 Å². The van der Waals surface area contributed by atoms with E-state index in [9.17, 15) is 13.2 Å². The maximum Gasteiger partial charge on any atom is 0.337 e. The molecule has 0 radical (unpaired) electrons. The SMILES string of the molecule is COC(=O)c1ccc(C)c(NS(=O)(=O)c2cc(Cl)cc(Br)c2OC)c1. The predicted octanol–water partition coefficient (Wildman–Crippen LogP) is 4.01. The van der Waals surface area contributed by atoms with E-state index in [0.29, 0.717) is 10.0 Å². The van der Waals surface area contributed by atoms with Crippen molar-refractivity contribution in [2.75, 3.05) is 18.9 Å². The third-order valence-electron chi connectivity index (χ3n) is 3.37. The fourth-order valence-corrected chi connectivity index (χ4v) is 4.62. The molecule has 0 saturated heterocycles. The summed E-state index contributed by atoms with van der Waals surface area (Å²) in [5.74, 6) is -0.442. The van der Waals surface area contributed by atoms with Gasteiger partial charge in [0.05, 0.1) is 29.9 Å². The van der Waals surface area contributed by atoms with Crippen molar-refractivity contribution in [3.05, 3.63) is 51.0 Å². The number of methoxy groups -OCH3 is 2. The Hall–Kier alpha value is -1.77. The van der Waals surface area contributed by atoms with Crippen LogP contribution in [0, 0.1) is 6.92 Å². The maximum absolute atomic E-state index is 12.8. The zero-order valence-electron chi connectivity index (χ0n) is 13.6. The summed E-state index contributed by atoms with van der Waals surface area (Å²) in [7, 11) is -1.41. The van der Waals surface area contributed by atoms with Crippen LogP contribution in [0.2, 0.25) is 5.02 Å². The molecule has 0 spiro atoms. The monoisotopic (exact) mass is 447 g/mol. The van der Waals surface area contributed by atoms with E-state index < -0.39 is 16.0 Å². The molecule has 0 aliphatic rings. The van der Waals surface area contributed by atoms with E-state index >= 15 is 0 Å². The van der Waals surface area contributed by atoms with E-state index in [-0.39, 0.29) is 26.9 Å². The quantitative estimate of drug-likeness (QED) is 0.699. The highest BCUT2D eigenvalue weighted by Gasteiger charge is 2.23. The second-order valence-corrected chi connectivity index (χ2v) is 7.99. The summed E-state index contributed by atoms with van der Waals surface area (Å²) in [6, 6.07) is 7.39. The third-order valence-corrected chi connectivity index (χ3v) is 5.55. The Morgan fingerprint density at radius 1 is 1.20 bits per heavy atom. The van der Waals surface area contributed by atoms with Gasteiger partial charge in [0.15, 0.2) is 5.75 Å². The molecule has 2 aromatic carbocycles. The van der Waals surface area contributed by atoms with Crippen LogP contribution >= 0.6 is 27.5 Å². The molecule has 0 heterocycles. The van der Waals surface area contributed by atoms with Gasteiger partial charge in [0.2, 0.25) is 0 Å². The first kappa shape index (κ1) is 19.6. The molecule has 0 aliphatic heterocycles. The number of benzene rings is 2. The van der Waals surface area contributed by atoms with Crippen molar-refractivity contribution < 1.29 is 22.7 Å². The molecule has 0 aromatic heterocycles. The summed E-state index contributed by atoms with van der Waals surface area (Å²) in [4.78, 5) is 11.5. The number of sulfonamides is 1. The van der Waals surface area contributed by atoms with E-state index in [4.69, 9.17) is 16.3 Å². The number of hydrogen-bond acceptors (Lipinski definition) is 5.